The Bertz CT molecular complexity index is 362. The molecule has 18 heavy (non-hydrogen) atoms. The van der Waals surface area contributed by atoms with Crippen LogP contribution in [-0.4, -0.2) is 33.8 Å². The van der Waals surface area contributed by atoms with Crippen LogP contribution in [0.1, 0.15) is 36.9 Å². The topological polar surface area (TPSA) is 47.1 Å². The molecule has 4 nitrogen and oxygen atoms in total. The number of hydrogen-bond donors (Lipinski definition) is 1. The average Bonchev–Trinajstić information content (AvgIpc) is 2.64. The first-order valence-corrected chi connectivity index (χ1v) is 6.64. The predicted molar refractivity (Wildman–Crippen MR) is 76.9 cm³/mol. The molecule has 1 aliphatic heterocycles. The van der Waals surface area contributed by atoms with Gasteiger partial charge in [0.25, 0.3) is 0 Å². The van der Waals surface area contributed by atoms with E-state index in [0.29, 0.717) is 6.04 Å². The highest BCUT2D eigenvalue weighted by Gasteiger charge is 2.22. The lowest BCUT2D eigenvalue weighted by Gasteiger charge is -2.35. The van der Waals surface area contributed by atoms with E-state index in [4.69, 9.17) is 5.73 Å². The van der Waals surface area contributed by atoms with Crippen LogP contribution in [0.5, 0.6) is 0 Å². The van der Waals surface area contributed by atoms with E-state index in [1.54, 1.807) is 0 Å². The molecule has 0 spiro atoms. The van der Waals surface area contributed by atoms with Gasteiger partial charge in [-0.25, -0.2) is 0 Å². The Morgan fingerprint density at radius 3 is 2.83 bits per heavy atom. The molecule has 2 heterocycles. The van der Waals surface area contributed by atoms with Crippen molar-refractivity contribution in [3.63, 3.8) is 0 Å². The summed E-state index contributed by atoms with van der Waals surface area (Å²) in [4.78, 5) is 2.58. The summed E-state index contributed by atoms with van der Waals surface area (Å²) in [6.45, 7) is 5.18. The van der Waals surface area contributed by atoms with Gasteiger partial charge in [-0.2, -0.15) is 5.10 Å². The van der Waals surface area contributed by atoms with Crippen molar-refractivity contribution in [3.8, 4) is 0 Å². The normalized spacial score (nSPS) is 20.7. The second kappa shape index (κ2) is 7.12. The van der Waals surface area contributed by atoms with Gasteiger partial charge in [-0.15, -0.1) is 12.4 Å². The summed E-state index contributed by atoms with van der Waals surface area (Å²) in [5.41, 5.74) is 8.34. The van der Waals surface area contributed by atoms with Crippen LogP contribution in [0.3, 0.4) is 0 Å². The Morgan fingerprint density at radius 2 is 2.22 bits per heavy atom. The van der Waals surface area contributed by atoms with Gasteiger partial charge in [-0.3, -0.25) is 9.58 Å². The number of piperidine rings is 1. The molecule has 0 amide bonds. The molecule has 1 saturated heterocycles. The number of likely N-dealkylation sites (tertiary alicyclic amines) is 1. The number of halogens is 1. The summed E-state index contributed by atoms with van der Waals surface area (Å²) in [5.74, 6) is 0. The van der Waals surface area contributed by atoms with Gasteiger partial charge in [0.1, 0.15) is 0 Å². The first-order chi connectivity index (χ1) is 8.22. The van der Waals surface area contributed by atoms with E-state index in [2.05, 4.69) is 16.9 Å². The van der Waals surface area contributed by atoms with E-state index >= 15 is 0 Å². The van der Waals surface area contributed by atoms with Gasteiger partial charge in [0.15, 0.2) is 0 Å². The van der Waals surface area contributed by atoms with Gasteiger partial charge in [-0.05, 0) is 39.3 Å². The van der Waals surface area contributed by atoms with E-state index in [-0.39, 0.29) is 12.4 Å². The third-order valence-electron chi connectivity index (χ3n) is 3.96. The minimum absolute atomic E-state index is 0. The number of nitrogens with two attached hydrogens (primary N) is 1. The van der Waals surface area contributed by atoms with E-state index in [0.717, 1.165) is 19.5 Å². The summed E-state index contributed by atoms with van der Waals surface area (Å²) in [5, 5.41) is 4.32. The van der Waals surface area contributed by atoms with Gasteiger partial charge >= 0.3 is 0 Å². The van der Waals surface area contributed by atoms with Crippen molar-refractivity contribution in [1.29, 1.82) is 0 Å². The van der Waals surface area contributed by atoms with Crippen LogP contribution >= 0.6 is 12.4 Å². The lowest BCUT2D eigenvalue weighted by Crippen LogP contribution is -2.40. The molecule has 0 saturated carbocycles. The maximum atomic E-state index is 5.71. The highest BCUT2D eigenvalue weighted by molar-refractivity contribution is 5.85. The van der Waals surface area contributed by atoms with Gasteiger partial charge in [0.05, 0.1) is 6.20 Å². The Kier molecular flexibility index (Phi) is 6.12. The van der Waals surface area contributed by atoms with E-state index in [1.165, 1.54) is 37.1 Å². The van der Waals surface area contributed by atoms with Gasteiger partial charge < -0.3 is 5.73 Å². The minimum atomic E-state index is 0. The summed E-state index contributed by atoms with van der Waals surface area (Å²) >= 11 is 0. The van der Waals surface area contributed by atoms with E-state index in [1.807, 2.05) is 17.9 Å². The predicted octanol–water partition coefficient (Wildman–Crippen LogP) is 1.85. The molecule has 1 fully saturated rings. The molecule has 0 aromatic carbocycles. The lowest BCUT2D eigenvalue weighted by molar-refractivity contribution is 0.134. The SMILES string of the molecule is Cc1c(CN2CCCCC2CCN)cnn1C.Cl. The maximum absolute atomic E-state index is 5.71. The molecule has 2 rings (SSSR count). The minimum Gasteiger partial charge on any atom is -0.330 e. The molecule has 0 aliphatic carbocycles. The zero-order valence-corrected chi connectivity index (χ0v) is 12.2. The number of rotatable bonds is 4. The van der Waals surface area contributed by atoms with E-state index in [9.17, 15) is 0 Å². The highest BCUT2D eigenvalue weighted by Crippen LogP contribution is 2.22. The summed E-state index contributed by atoms with van der Waals surface area (Å²) in [6, 6.07) is 0.674. The van der Waals surface area contributed by atoms with Crippen LogP contribution < -0.4 is 5.73 Å². The fraction of sp³-hybridized carbons (Fsp3) is 0.769. The summed E-state index contributed by atoms with van der Waals surface area (Å²) in [7, 11) is 2.01. The summed E-state index contributed by atoms with van der Waals surface area (Å²) < 4.78 is 1.96. The average molecular weight is 273 g/mol. The van der Waals surface area contributed by atoms with Crippen LogP contribution in [0, 0.1) is 6.92 Å². The Labute approximate surface area is 116 Å². The molecule has 1 unspecified atom stereocenters. The van der Waals surface area contributed by atoms with E-state index < -0.39 is 0 Å². The van der Waals surface area contributed by atoms with Crippen LogP contribution in [0.15, 0.2) is 6.20 Å². The first-order valence-electron chi connectivity index (χ1n) is 6.64. The number of nitrogens with zero attached hydrogens (tertiary/aromatic N) is 3. The van der Waals surface area contributed by atoms with Crippen LogP contribution in [-0.2, 0) is 13.6 Å². The molecule has 1 aromatic heterocycles. The first kappa shape index (κ1) is 15.5. The zero-order valence-electron chi connectivity index (χ0n) is 11.4. The number of aryl methyl sites for hydroxylation is 1. The third-order valence-corrected chi connectivity index (χ3v) is 3.96. The molecule has 104 valence electrons. The maximum Gasteiger partial charge on any atom is 0.0537 e. The van der Waals surface area contributed by atoms with Crippen LogP contribution in [0.2, 0.25) is 0 Å². The van der Waals surface area contributed by atoms with Crippen LogP contribution in [0.4, 0.5) is 0 Å². The van der Waals surface area contributed by atoms with Crippen LogP contribution in [0.25, 0.3) is 0 Å². The van der Waals surface area contributed by atoms with Crippen molar-refractivity contribution in [2.45, 2.75) is 45.2 Å². The van der Waals surface area contributed by atoms with Gasteiger partial charge in [-0.1, -0.05) is 6.42 Å². The molecule has 1 aromatic rings. The number of hydrogen-bond acceptors (Lipinski definition) is 3. The Balaban J connectivity index is 0.00000162. The standard InChI is InChI=1S/C13H24N4.ClH/c1-11-12(9-15-16(11)2)10-17-8-4-3-5-13(17)6-7-14;/h9,13H,3-8,10,14H2,1-2H3;1H. The smallest absolute Gasteiger partial charge is 0.0537 e. The number of aromatic nitrogens is 2. The molecule has 5 heteroatoms. The largest absolute Gasteiger partial charge is 0.330 e. The molecule has 1 atom stereocenters. The van der Waals surface area contributed by atoms with Crippen molar-refractivity contribution < 1.29 is 0 Å². The second-order valence-electron chi connectivity index (χ2n) is 5.08. The van der Waals surface area contributed by atoms with Crippen molar-refractivity contribution in [2.75, 3.05) is 13.1 Å². The molecular weight excluding hydrogens is 248 g/mol. The van der Waals surface area contributed by atoms with Crippen molar-refractivity contribution in [2.24, 2.45) is 12.8 Å². The molecule has 2 N–H and O–H groups in total. The quantitative estimate of drug-likeness (QED) is 0.910. The summed E-state index contributed by atoms with van der Waals surface area (Å²) in [6.07, 6.45) is 7.10. The van der Waals surface area contributed by atoms with Crippen molar-refractivity contribution in [1.82, 2.24) is 14.7 Å². The third kappa shape index (κ3) is 3.46. The van der Waals surface area contributed by atoms with Crippen molar-refractivity contribution >= 4 is 12.4 Å². The second-order valence-corrected chi connectivity index (χ2v) is 5.08. The highest BCUT2D eigenvalue weighted by atomic mass is 35.5. The molecule has 1 aliphatic rings. The fourth-order valence-electron chi connectivity index (χ4n) is 2.71. The Morgan fingerprint density at radius 1 is 1.44 bits per heavy atom. The monoisotopic (exact) mass is 272 g/mol. The Hall–Kier alpha value is -0.580. The molecular formula is C13H25ClN4. The molecule has 0 bridgehead atoms. The fourth-order valence-corrected chi connectivity index (χ4v) is 2.71. The molecule has 0 radical (unpaired) electrons. The van der Waals surface area contributed by atoms with Gasteiger partial charge in [0, 0.05) is 30.9 Å². The zero-order chi connectivity index (χ0) is 12.3. The van der Waals surface area contributed by atoms with Gasteiger partial charge in [0.2, 0.25) is 0 Å². The lowest BCUT2D eigenvalue weighted by atomic mass is 9.98. The van der Waals surface area contributed by atoms with Crippen molar-refractivity contribution in [3.05, 3.63) is 17.5 Å².